The number of piperidine rings is 1. The summed E-state index contributed by atoms with van der Waals surface area (Å²) in [6.07, 6.45) is 4.01. The van der Waals surface area contributed by atoms with Crippen LogP contribution in [0.15, 0.2) is 53.1 Å². The quantitative estimate of drug-likeness (QED) is 0.489. The summed E-state index contributed by atoms with van der Waals surface area (Å²) in [5.74, 6) is 1.79. The van der Waals surface area contributed by atoms with Crippen LogP contribution in [0.3, 0.4) is 0 Å². The minimum Gasteiger partial charge on any atom is -0.420 e. The smallest absolute Gasteiger partial charge is 0.257 e. The number of fused-ring (bicyclic) bond motifs is 1. The lowest BCUT2D eigenvalue weighted by Crippen LogP contribution is -2.32. The molecule has 4 aromatic rings. The SMILES string of the molecule is Cc1ccc(-c2nnc(C3CCN(Cc4ccnc5ccccc45)CC3)o2)s1. The normalized spacial score (nSPS) is 16.0. The Morgan fingerprint density at radius 3 is 2.75 bits per heavy atom. The summed E-state index contributed by atoms with van der Waals surface area (Å²) in [6.45, 7) is 5.13. The zero-order valence-electron chi connectivity index (χ0n) is 15.8. The molecule has 0 N–H and O–H groups in total. The second-order valence-corrected chi connectivity index (χ2v) is 8.68. The lowest BCUT2D eigenvalue weighted by molar-refractivity contribution is 0.194. The molecule has 0 amide bonds. The summed E-state index contributed by atoms with van der Waals surface area (Å²) in [7, 11) is 0. The van der Waals surface area contributed by atoms with Gasteiger partial charge >= 0.3 is 0 Å². The van der Waals surface area contributed by atoms with Crippen LogP contribution in [0, 0.1) is 6.92 Å². The fourth-order valence-electron chi connectivity index (χ4n) is 3.92. The number of benzene rings is 1. The monoisotopic (exact) mass is 390 g/mol. The summed E-state index contributed by atoms with van der Waals surface area (Å²) in [6, 6.07) is 14.7. The second kappa shape index (κ2) is 7.45. The second-order valence-electron chi connectivity index (χ2n) is 7.39. The van der Waals surface area contributed by atoms with Crippen LogP contribution in [0.2, 0.25) is 0 Å². The van der Waals surface area contributed by atoms with Gasteiger partial charge in [-0.05, 0) is 62.7 Å². The number of rotatable bonds is 4. The van der Waals surface area contributed by atoms with Crippen LogP contribution in [0.25, 0.3) is 21.7 Å². The van der Waals surface area contributed by atoms with Crippen molar-refractivity contribution in [1.29, 1.82) is 0 Å². The molecule has 0 atom stereocenters. The van der Waals surface area contributed by atoms with Crippen LogP contribution in [-0.2, 0) is 6.54 Å². The van der Waals surface area contributed by atoms with E-state index in [4.69, 9.17) is 4.42 Å². The molecule has 28 heavy (non-hydrogen) atoms. The molecule has 3 aromatic heterocycles. The third kappa shape index (κ3) is 3.45. The lowest BCUT2D eigenvalue weighted by atomic mass is 9.96. The zero-order valence-corrected chi connectivity index (χ0v) is 16.7. The van der Waals surface area contributed by atoms with Crippen LogP contribution in [0.4, 0.5) is 0 Å². The first-order valence-electron chi connectivity index (χ1n) is 9.71. The Morgan fingerprint density at radius 1 is 1.07 bits per heavy atom. The predicted octanol–water partition coefficient (Wildman–Crippen LogP) is 5.03. The molecule has 6 heteroatoms. The van der Waals surface area contributed by atoms with Crippen molar-refractivity contribution in [3.63, 3.8) is 0 Å². The maximum Gasteiger partial charge on any atom is 0.257 e. The van der Waals surface area contributed by atoms with Gasteiger partial charge in [-0.1, -0.05) is 18.2 Å². The van der Waals surface area contributed by atoms with Gasteiger partial charge < -0.3 is 4.42 Å². The van der Waals surface area contributed by atoms with Gasteiger partial charge in [-0.15, -0.1) is 21.5 Å². The van der Waals surface area contributed by atoms with Crippen molar-refractivity contribution in [1.82, 2.24) is 20.1 Å². The highest BCUT2D eigenvalue weighted by Gasteiger charge is 2.25. The van der Waals surface area contributed by atoms with Crippen molar-refractivity contribution in [2.24, 2.45) is 0 Å². The highest BCUT2D eigenvalue weighted by Crippen LogP contribution is 2.32. The number of likely N-dealkylation sites (tertiary alicyclic amines) is 1. The van der Waals surface area contributed by atoms with E-state index in [1.165, 1.54) is 15.8 Å². The van der Waals surface area contributed by atoms with Gasteiger partial charge in [0.1, 0.15) is 0 Å². The number of aryl methyl sites for hydroxylation is 1. The minimum atomic E-state index is 0.354. The Morgan fingerprint density at radius 2 is 1.93 bits per heavy atom. The number of para-hydroxylation sites is 1. The number of nitrogens with zero attached hydrogens (tertiary/aromatic N) is 4. The molecule has 1 fully saturated rings. The molecule has 0 aliphatic carbocycles. The van der Waals surface area contributed by atoms with E-state index in [9.17, 15) is 0 Å². The largest absolute Gasteiger partial charge is 0.420 e. The van der Waals surface area contributed by atoms with Crippen molar-refractivity contribution in [3.8, 4) is 10.8 Å². The van der Waals surface area contributed by atoms with Crippen molar-refractivity contribution < 1.29 is 4.42 Å². The molecule has 5 nitrogen and oxygen atoms in total. The first-order valence-corrected chi connectivity index (χ1v) is 10.5. The number of hydrogen-bond donors (Lipinski definition) is 0. The molecule has 1 saturated heterocycles. The van der Waals surface area contributed by atoms with Gasteiger partial charge in [-0.3, -0.25) is 9.88 Å². The van der Waals surface area contributed by atoms with Crippen LogP contribution >= 0.6 is 11.3 Å². The van der Waals surface area contributed by atoms with Gasteiger partial charge in [0.05, 0.1) is 10.4 Å². The third-order valence-electron chi connectivity index (χ3n) is 5.46. The van der Waals surface area contributed by atoms with E-state index >= 15 is 0 Å². The van der Waals surface area contributed by atoms with Gasteiger partial charge in [-0.25, -0.2) is 0 Å². The van der Waals surface area contributed by atoms with Gasteiger partial charge in [-0.2, -0.15) is 0 Å². The number of pyridine rings is 1. The third-order valence-corrected chi connectivity index (χ3v) is 6.45. The van der Waals surface area contributed by atoms with Gasteiger partial charge in [0, 0.05) is 28.9 Å². The molecule has 142 valence electrons. The Labute approximate surface area is 168 Å². The summed E-state index contributed by atoms with van der Waals surface area (Å²) >= 11 is 1.69. The molecule has 0 saturated carbocycles. The highest BCUT2D eigenvalue weighted by atomic mass is 32.1. The van der Waals surface area contributed by atoms with Crippen LogP contribution in [0.1, 0.15) is 35.1 Å². The number of hydrogen-bond acceptors (Lipinski definition) is 6. The molecule has 0 bridgehead atoms. The van der Waals surface area contributed by atoms with Gasteiger partial charge in [0.2, 0.25) is 5.89 Å². The maximum atomic E-state index is 6.00. The number of aromatic nitrogens is 3. The Kier molecular flexibility index (Phi) is 4.66. The fraction of sp³-hybridized carbons (Fsp3) is 0.318. The maximum absolute atomic E-state index is 6.00. The zero-order chi connectivity index (χ0) is 18.9. The molecule has 0 unspecified atom stereocenters. The van der Waals surface area contributed by atoms with Crippen LogP contribution in [0.5, 0.6) is 0 Å². The molecule has 1 aliphatic heterocycles. The molecular weight excluding hydrogens is 368 g/mol. The minimum absolute atomic E-state index is 0.354. The standard InChI is InChI=1S/C22H22N4OS/c1-15-6-7-20(28-15)22-25-24-21(27-22)16-9-12-26(13-10-16)14-17-8-11-23-19-5-3-2-4-18(17)19/h2-8,11,16H,9-10,12-14H2,1H3. The molecular formula is C22H22N4OS. The summed E-state index contributed by atoms with van der Waals surface area (Å²) < 4.78 is 6.00. The van der Waals surface area contributed by atoms with E-state index in [1.807, 2.05) is 12.3 Å². The number of thiophene rings is 1. The van der Waals surface area contributed by atoms with Crippen molar-refractivity contribution >= 4 is 22.2 Å². The van der Waals surface area contributed by atoms with E-state index in [1.54, 1.807) is 11.3 Å². The first-order chi connectivity index (χ1) is 13.8. The van der Waals surface area contributed by atoms with Gasteiger partial charge in [0.15, 0.2) is 0 Å². The van der Waals surface area contributed by atoms with Crippen molar-refractivity contribution in [2.45, 2.75) is 32.2 Å². The van der Waals surface area contributed by atoms with Crippen molar-refractivity contribution in [3.05, 3.63) is 65.0 Å². The molecule has 1 aromatic carbocycles. The Hall–Kier alpha value is -2.57. The van der Waals surface area contributed by atoms with Gasteiger partial charge in [0.25, 0.3) is 5.89 Å². The van der Waals surface area contributed by atoms with E-state index < -0.39 is 0 Å². The molecule has 1 aliphatic rings. The lowest BCUT2D eigenvalue weighted by Gasteiger charge is -2.30. The van der Waals surface area contributed by atoms with E-state index in [0.29, 0.717) is 11.8 Å². The summed E-state index contributed by atoms with van der Waals surface area (Å²) in [5.41, 5.74) is 2.41. The first kappa shape index (κ1) is 17.5. The fourth-order valence-corrected chi connectivity index (χ4v) is 4.71. The van der Waals surface area contributed by atoms with E-state index in [2.05, 4.69) is 63.4 Å². The summed E-state index contributed by atoms with van der Waals surface area (Å²) in [4.78, 5) is 9.29. The highest BCUT2D eigenvalue weighted by molar-refractivity contribution is 7.15. The van der Waals surface area contributed by atoms with E-state index in [0.717, 1.165) is 48.8 Å². The van der Waals surface area contributed by atoms with E-state index in [-0.39, 0.29) is 0 Å². The van der Waals surface area contributed by atoms with Crippen LogP contribution < -0.4 is 0 Å². The molecule has 0 radical (unpaired) electrons. The summed E-state index contributed by atoms with van der Waals surface area (Å²) in [5, 5.41) is 9.86. The molecule has 0 spiro atoms. The van der Waals surface area contributed by atoms with Crippen molar-refractivity contribution in [2.75, 3.05) is 13.1 Å². The van der Waals surface area contributed by atoms with Crippen LogP contribution in [-0.4, -0.2) is 33.2 Å². The average Bonchev–Trinajstić information content (AvgIpc) is 3.38. The Bertz CT molecular complexity index is 1090. The molecule has 4 heterocycles. The predicted molar refractivity (Wildman–Crippen MR) is 111 cm³/mol. The Balaban J connectivity index is 1.25. The molecule has 5 rings (SSSR count). The topological polar surface area (TPSA) is 55.1 Å². The average molecular weight is 391 g/mol.